The second-order valence-corrected chi connectivity index (χ2v) is 10.2. The number of carbonyl (C=O) groups excluding carboxylic acids is 1. The maximum Gasteiger partial charge on any atom is 0.237 e. The van der Waals surface area contributed by atoms with Crippen molar-refractivity contribution in [2.45, 2.75) is 82.0 Å². The fraction of sp³-hybridized carbons (Fsp3) is 0.909. The summed E-state index contributed by atoms with van der Waals surface area (Å²) in [6.07, 6.45) is 0.152. The Kier molecular flexibility index (Phi) is 6.81. The predicted octanol–water partition coefficient (Wildman–Crippen LogP) is -0.599. The van der Waals surface area contributed by atoms with Gasteiger partial charge in [0.1, 0.15) is 24.4 Å². The summed E-state index contributed by atoms with van der Waals surface area (Å²) in [7, 11) is 0. The lowest BCUT2D eigenvalue weighted by Gasteiger charge is -2.44. The van der Waals surface area contributed by atoms with E-state index in [1.54, 1.807) is 18.7 Å². The zero-order chi connectivity index (χ0) is 23.1. The molecule has 4 saturated heterocycles. The maximum atomic E-state index is 12.5. The fourth-order valence-corrected chi connectivity index (χ4v) is 5.36. The Hall–Kier alpha value is -1.32. The first-order valence-electron chi connectivity index (χ1n) is 11.6. The molecule has 4 fully saturated rings. The van der Waals surface area contributed by atoms with Crippen LogP contribution in [0, 0.1) is 17.2 Å². The van der Waals surface area contributed by atoms with Gasteiger partial charge < -0.3 is 34.6 Å². The van der Waals surface area contributed by atoms with E-state index < -0.39 is 29.9 Å². The molecule has 0 spiro atoms. The molecular formula is C22H36N4O6. The Morgan fingerprint density at radius 3 is 2.69 bits per heavy atom. The van der Waals surface area contributed by atoms with Crippen LogP contribution >= 0.6 is 0 Å². The van der Waals surface area contributed by atoms with Gasteiger partial charge in [-0.2, -0.15) is 5.26 Å². The van der Waals surface area contributed by atoms with Crippen molar-refractivity contribution in [2.75, 3.05) is 39.3 Å². The van der Waals surface area contributed by atoms with Gasteiger partial charge in [0.15, 0.2) is 5.79 Å². The highest BCUT2D eigenvalue weighted by atomic mass is 16.8. The van der Waals surface area contributed by atoms with Crippen LogP contribution in [0.15, 0.2) is 0 Å². The number of hydrogen-bond acceptors (Lipinski definition) is 9. The molecule has 0 radical (unpaired) electrons. The van der Waals surface area contributed by atoms with Crippen LogP contribution in [0.2, 0.25) is 0 Å². The molecule has 0 aromatic carbocycles. The number of aliphatic hydroxyl groups is 2. The molecule has 0 aromatic rings. The van der Waals surface area contributed by atoms with Gasteiger partial charge in [0, 0.05) is 12.6 Å². The molecule has 4 aliphatic rings. The summed E-state index contributed by atoms with van der Waals surface area (Å²) < 4.78 is 17.2. The van der Waals surface area contributed by atoms with Gasteiger partial charge >= 0.3 is 0 Å². The average Bonchev–Trinajstić information content (AvgIpc) is 3.29. The van der Waals surface area contributed by atoms with Gasteiger partial charge in [-0.05, 0) is 52.1 Å². The van der Waals surface area contributed by atoms with Gasteiger partial charge in [-0.1, -0.05) is 6.92 Å². The summed E-state index contributed by atoms with van der Waals surface area (Å²) >= 11 is 0. The number of piperidine rings is 1. The minimum absolute atomic E-state index is 0.0207. The number of aliphatic hydroxyl groups excluding tert-OH is 1. The monoisotopic (exact) mass is 452 g/mol. The molecule has 10 nitrogen and oxygen atoms in total. The standard InChI is InChI=1S/C22H36N4O6/c1-14-8-16(9-23)26(11-14)18(27)10-24-15-4-6-25(7-5-15)13-22(29)20(28)19-17(12-30-22)31-21(2,3)32-19/h14-17,19-20,24,28-29H,4-8,10-13H2,1-3H3/t14?,16-,17+,19+,20-,22+/m0/s1. The van der Waals surface area contributed by atoms with Gasteiger partial charge in [-0.15, -0.1) is 0 Å². The quantitative estimate of drug-likeness (QED) is 0.501. The second-order valence-electron chi connectivity index (χ2n) is 10.2. The van der Waals surface area contributed by atoms with Crippen molar-refractivity contribution in [1.82, 2.24) is 15.1 Å². The van der Waals surface area contributed by atoms with Crippen molar-refractivity contribution < 1.29 is 29.2 Å². The van der Waals surface area contributed by atoms with E-state index in [1.165, 1.54) is 0 Å². The Morgan fingerprint density at radius 2 is 2.00 bits per heavy atom. The van der Waals surface area contributed by atoms with E-state index in [4.69, 9.17) is 14.2 Å². The minimum atomic E-state index is -1.71. The van der Waals surface area contributed by atoms with E-state index in [9.17, 15) is 20.3 Å². The molecule has 0 saturated carbocycles. The third-order valence-electron chi connectivity index (χ3n) is 7.05. The van der Waals surface area contributed by atoms with Crippen LogP contribution in [-0.2, 0) is 19.0 Å². The molecule has 4 aliphatic heterocycles. The Labute approximate surface area is 189 Å². The lowest BCUT2D eigenvalue weighted by molar-refractivity contribution is -0.311. The lowest BCUT2D eigenvalue weighted by atomic mass is 9.95. The molecule has 0 bridgehead atoms. The largest absolute Gasteiger partial charge is 0.385 e. The number of ether oxygens (including phenoxy) is 3. The fourth-order valence-electron chi connectivity index (χ4n) is 5.36. The number of carbonyl (C=O) groups is 1. The first kappa shape index (κ1) is 23.8. The van der Waals surface area contributed by atoms with E-state index in [0.717, 1.165) is 19.3 Å². The normalized spacial score (nSPS) is 40.2. The number of nitrogens with one attached hydrogen (secondary N) is 1. The predicted molar refractivity (Wildman–Crippen MR) is 113 cm³/mol. The molecule has 6 atom stereocenters. The molecule has 1 amide bonds. The van der Waals surface area contributed by atoms with Gasteiger partial charge in [-0.25, -0.2) is 0 Å². The molecule has 3 N–H and O–H groups in total. The van der Waals surface area contributed by atoms with Crippen molar-refractivity contribution >= 4 is 5.91 Å². The summed E-state index contributed by atoms with van der Waals surface area (Å²) in [6.45, 7) is 8.28. The molecule has 4 rings (SSSR count). The molecule has 0 aromatic heterocycles. The summed E-state index contributed by atoms with van der Waals surface area (Å²) in [4.78, 5) is 16.3. The van der Waals surface area contributed by atoms with Crippen LogP contribution in [0.1, 0.15) is 40.0 Å². The van der Waals surface area contributed by atoms with Crippen molar-refractivity contribution in [3.8, 4) is 6.07 Å². The van der Waals surface area contributed by atoms with Crippen LogP contribution in [0.5, 0.6) is 0 Å². The number of amides is 1. The molecule has 10 heteroatoms. The number of rotatable bonds is 5. The Morgan fingerprint density at radius 1 is 1.28 bits per heavy atom. The highest BCUT2D eigenvalue weighted by molar-refractivity contribution is 5.79. The first-order valence-corrected chi connectivity index (χ1v) is 11.6. The maximum absolute atomic E-state index is 12.5. The second kappa shape index (κ2) is 9.14. The van der Waals surface area contributed by atoms with E-state index in [0.29, 0.717) is 25.6 Å². The zero-order valence-corrected chi connectivity index (χ0v) is 19.2. The SMILES string of the molecule is CC1C[C@@H](C#N)N(C(=O)CNC2CCN(C[C@@]3(O)OC[C@H]4OC(C)(C)O[C@H]4[C@@H]3O)CC2)C1. The Balaban J connectivity index is 1.22. The minimum Gasteiger partial charge on any atom is -0.385 e. The van der Waals surface area contributed by atoms with Crippen LogP contribution in [-0.4, -0.2) is 107 Å². The number of likely N-dealkylation sites (tertiary alicyclic amines) is 2. The van der Waals surface area contributed by atoms with E-state index in [-0.39, 0.29) is 37.7 Å². The van der Waals surface area contributed by atoms with Crippen LogP contribution < -0.4 is 5.32 Å². The van der Waals surface area contributed by atoms with Crippen LogP contribution in [0.3, 0.4) is 0 Å². The number of β-amino-alcohol motifs (C(OH)–C–C–N with tert-alkyl or cyclic N) is 1. The van der Waals surface area contributed by atoms with Gasteiger partial charge in [0.05, 0.1) is 25.8 Å². The summed E-state index contributed by atoms with van der Waals surface area (Å²) in [5, 5.41) is 34.3. The van der Waals surface area contributed by atoms with Crippen LogP contribution in [0.4, 0.5) is 0 Å². The smallest absolute Gasteiger partial charge is 0.237 e. The number of fused-ring (bicyclic) bond motifs is 1. The Bertz CT molecular complexity index is 736. The molecule has 180 valence electrons. The van der Waals surface area contributed by atoms with Crippen molar-refractivity contribution in [3.05, 3.63) is 0 Å². The highest BCUT2D eigenvalue weighted by Gasteiger charge is 2.56. The van der Waals surface area contributed by atoms with E-state index in [2.05, 4.69) is 23.2 Å². The van der Waals surface area contributed by atoms with Crippen molar-refractivity contribution in [2.24, 2.45) is 5.92 Å². The van der Waals surface area contributed by atoms with Gasteiger partial charge in [0.2, 0.25) is 11.7 Å². The zero-order valence-electron chi connectivity index (χ0n) is 19.2. The molecule has 0 aliphatic carbocycles. The number of nitriles is 1. The number of hydrogen-bond donors (Lipinski definition) is 3. The van der Waals surface area contributed by atoms with E-state index in [1.807, 2.05) is 0 Å². The highest BCUT2D eigenvalue weighted by Crippen LogP contribution is 2.38. The molecular weight excluding hydrogens is 416 g/mol. The lowest BCUT2D eigenvalue weighted by Crippen LogP contribution is -2.64. The third-order valence-corrected chi connectivity index (χ3v) is 7.05. The van der Waals surface area contributed by atoms with Crippen molar-refractivity contribution in [1.29, 1.82) is 5.26 Å². The first-order chi connectivity index (χ1) is 15.1. The van der Waals surface area contributed by atoms with Gasteiger partial charge in [-0.3, -0.25) is 9.69 Å². The molecule has 32 heavy (non-hydrogen) atoms. The molecule has 1 unspecified atom stereocenters. The average molecular weight is 453 g/mol. The summed E-state index contributed by atoms with van der Waals surface area (Å²) in [5.74, 6) is -2.18. The topological polar surface area (TPSA) is 128 Å². The van der Waals surface area contributed by atoms with E-state index >= 15 is 0 Å². The third kappa shape index (κ3) is 4.94. The summed E-state index contributed by atoms with van der Waals surface area (Å²) in [5.41, 5.74) is 0. The van der Waals surface area contributed by atoms with Gasteiger partial charge in [0.25, 0.3) is 0 Å². The summed E-state index contributed by atoms with van der Waals surface area (Å²) in [6, 6.07) is 2.11. The number of nitrogens with zero attached hydrogens (tertiary/aromatic N) is 3. The van der Waals surface area contributed by atoms with Crippen molar-refractivity contribution in [3.63, 3.8) is 0 Å². The molecule has 4 heterocycles. The van der Waals surface area contributed by atoms with Crippen LogP contribution in [0.25, 0.3) is 0 Å².